The van der Waals surface area contributed by atoms with Gasteiger partial charge < -0.3 is 24.8 Å². The Kier molecular flexibility index (Phi) is 6.91. The molecule has 8 heteroatoms. The highest BCUT2D eigenvalue weighted by molar-refractivity contribution is 5.94. The number of benzene rings is 1. The summed E-state index contributed by atoms with van der Waals surface area (Å²) in [4.78, 5) is 36.4. The zero-order valence-corrected chi connectivity index (χ0v) is 18.9. The van der Waals surface area contributed by atoms with Crippen LogP contribution in [0.25, 0.3) is 0 Å². The maximum Gasteiger partial charge on any atom is 0.407 e. The van der Waals surface area contributed by atoms with Crippen molar-refractivity contribution in [2.75, 3.05) is 0 Å². The molecule has 0 aromatic heterocycles. The van der Waals surface area contributed by atoms with E-state index in [1.54, 1.807) is 20.8 Å². The number of carbonyl (C=O) groups is 3. The molecule has 1 aliphatic heterocycles. The lowest BCUT2D eigenvalue weighted by atomic mass is 10.1. The Morgan fingerprint density at radius 2 is 1.91 bits per heavy atom. The molecular formula is C24H30N2O6. The van der Waals surface area contributed by atoms with Gasteiger partial charge in [-0.25, -0.2) is 4.79 Å². The zero-order chi connectivity index (χ0) is 23.4. The second-order valence-electron chi connectivity index (χ2n) is 9.11. The molecule has 2 aliphatic rings. The van der Waals surface area contributed by atoms with Crippen LogP contribution in [0.15, 0.2) is 53.7 Å². The van der Waals surface area contributed by atoms with Gasteiger partial charge in [-0.15, -0.1) is 0 Å². The Morgan fingerprint density at radius 3 is 2.50 bits per heavy atom. The van der Waals surface area contributed by atoms with Gasteiger partial charge in [-0.1, -0.05) is 30.3 Å². The second-order valence-corrected chi connectivity index (χ2v) is 9.11. The lowest BCUT2D eigenvalue weighted by Crippen LogP contribution is -2.53. The minimum atomic E-state index is -0.613. The summed E-state index contributed by atoms with van der Waals surface area (Å²) in [6.45, 7) is 7.43. The van der Waals surface area contributed by atoms with Crippen LogP contribution in [0.3, 0.4) is 0 Å². The van der Waals surface area contributed by atoms with Gasteiger partial charge in [-0.05, 0) is 46.1 Å². The summed E-state index contributed by atoms with van der Waals surface area (Å²) in [7, 11) is 0. The number of rotatable bonds is 8. The first-order chi connectivity index (χ1) is 15.1. The van der Waals surface area contributed by atoms with Crippen molar-refractivity contribution in [2.45, 2.75) is 70.7 Å². The molecule has 172 valence electrons. The summed E-state index contributed by atoms with van der Waals surface area (Å²) in [5, 5.41) is 5.78. The van der Waals surface area contributed by atoms with Gasteiger partial charge in [0.25, 0.3) is 5.91 Å². The van der Waals surface area contributed by atoms with Crippen molar-refractivity contribution in [2.24, 2.45) is 0 Å². The fourth-order valence-corrected chi connectivity index (χ4v) is 3.32. The van der Waals surface area contributed by atoms with Gasteiger partial charge in [0.15, 0.2) is 0 Å². The second kappa shape index (κ2) is 9.46. The lowest BCUT2D eigenvalue weighted by molar-refractivity contribution is -0.122. The smallest absolute Gasteiger partial charge is 0.407 e. The van der Waals surface area contributed by atoms with E-state index in [4.69, 9.17) is 14.2 Å². The summed E-state index contributed by atoms with van der Waals surface area (Å²) < 4.78 is 16.6. The van der Waals surface area contributed by atoms with Gasteiger partial charge in [0.1, 0.15) is 24.3 Å². The lowest BCUT2D eigenvalue weighted by Gasteiger charge is -2.28. The van der Waals surface area contributed by atoms with Gasteiger partial charge in [0, 0.05) is 12.0 Å². The molecule has 8 nitrogen and oxygen atoms in total. The van der Waals surface area contributed by atoms with Crippen molar-refractivity contribution < 1.29 is 28.6 Å². The fourth-order valence-electron chi connectivity index (χ4n) is 3.32. The van der Waals surface area contributed by atoms with Crippen LogP contribution in [0, 0.1) is 0 Å². The number of nitrogens with one attached hydrogen (secondary N) is 2. The van der Waals surface area contributed by atoms with Crippen molar-refractivity contribution in [1.82, 2.24) is 10.6 Å². The first kappa shape index (κ1) is 23.4. The first-order valence-corrected chi connectivity index (χ1v) is 10.6. The van der Waals surface area contributed by atoms with Crippen molar-refractivity contribution in [3.63, 3.8) is 0 Å². The van der Waals surface area contributed by atoms with Crippen molar-refractivity contribution >= 4 is 18.3 Å². The standard InChI is InChI=1S/C24H30N2O6/c1-16(25-22(29)32-23(2,3)4)24(10-11-24)26-21(28)20-19(12-18(13-27)15-31-20)30-14-17-8-6-5-7-9-17/h5-9,13,15-16H,10-12,14H2,1-4H3,(H,25,29)(H,26,28)/t16-/m0/s1. The third-order valence-electron chi connectivity index (χ3n) is 5.27. The Balaban J connectivity index is 1.68. The number of alkyl carbamates (subject to hydrolysis) is 1. The van der Waals surface area contributed by atoms with Crippen LogP contribution < -0.4 is 10.6 Å². The highest BCUT2D eigenvalue weighted by Gasteiger charge is 2.50. The normalized spacial score (nSPS) is 17.9. The average Bonchev–Trinajstić information content (AvgIpc) is 3.52. The number of ether oxygens (including phenoxy) is 3. The van der Waals surface area contributed by atoms with Crippen LogP contribution >= 0.6 is 0 Å². The van der Waals surface area contributed by atoms with E-state index in [-0.39, 0.29) is 24.8 Å². The van der Waals surface area contributed by atoms with Crippen LogP contribution in [-0.4, -0.2) is 35.5 Å². The summed E-state index contributed by atoms with van der Waals surface area (Å²) >= 11 is 0. The molecule has 0 saturated heterocycles. The van der Waals surface area contributed by atoms with E-state index in [1.165, 1.54) is 6.26 Å². The maximum atomic E-state index is 13.1. The number of aldehydes is 1. The molecule has 1 aliphatic carbocycles. The maximum absolute atomic E-state index is 13.1. The molecule has 0 radical (unpaired) electrons. The Morgan fingerprint density at radius 1 is 1.22 bits per heavy atom. The van der Waals surface area contributed by atoms with Crippen LogP contribution in [0.1, 0.15) is 52.5 Å². The molecule has 1 aromatic carbocycles. The van der Waals surface area contributed by atoms with Gasteiger partial charge in [-0.2, -0.15) is 0 Å². The van der Waals surface area contributed by atoms with Crippen LogP contribution in [0.2, 0.25) is 0 Å². The Bertz CT molecular complexity index is 926. The molecule has 1 aromatic rings. The predicted molar refractivity (Wildman–Crippen MR) is 117 cm³/mol. The summed E-state index contributed by atoms with van der Waals surface area (Å²) in [6.07, 6.45) is 2.98. The molecule has 32 heavy (non-hydrogen) atoms. The van der Waals surface area contributed by atoms with Crippen LogP contribution in [0.5, 0.6) is 0 Å². The van der Waals surface area contributed by atoms with Gasteiger partial charge in [0.2, 0.25) is 5.76 Å². The molecule has 0 unspecified atom stereocenters. The molecular weight excluding hydrogens is 412 g/mol. The van der Waals surface area contributed by atoms with Gasteiger partial charge >= 0.3 is 6.09 Å². The van der Waals surface area contributed by atoms with E-state index >= 15 is 0 Å². The molecule has 0 spiro atoms. The summed E-state index contributed by atoms with van der Waals surface area (Å²) in [6, 6.07) is 9.16. The van der Waals surface area contributed by atoms with Crippen LogP contribution in [-0.2, 0) is 30.4 Å². The highest BCUT2D eigenvalue weighted by Crippen LogP contribution is 2.39. The van der Waals surface area contributed by atoms with Gasteiger partial charge in [0.05, 0.1) is 17.8 Å². The third-order valence-corrected chi connectivity index (χ3v) is 5.27. The van der Waals surface area contributed by atoms with Crippen LogP contribution in [0.4, 0.5) is 4.79 Å². The van der Waals surface area contributed by atoms with E-state index in [0.717, 1.165) is 5.56 Å². The topological polar surface area (TPSA) is 103 Å². The minimum absolute atomic E-state index is 0.0160. The monoisotopic (exact) mass is 442 g/mol. The Hall–Kier alpha value is -3.29. The number of amides is 2. The fraction of sp³-hybridized carbons (Fsp3) is 0.458. The number of hydrogen-bond acceptors (Lipinski definition) is 6. The van der Waals surface area contributed by atoms with Gasteiger partial charge in [-0.3, -0.25) is 9.59 Å². The molecule has 1 atom stereocenters. The van der Waals surface area contributed by atoms with E-state index in [2.05, 4.69) is 10.6 Å². The third kappa shape index (κ3) is 6.12. The molecule has 0 bridgehead atoms. The zero-order valence-electron chi connectivity index (χ0n) is 18.9. The molecule has 3 rings (SSSR count). The largest absolute Gasteiger partial charge is 0.489 e. The van der Waals surface area contributed by atoms with E-state index in [1.807, 2.05) is 37.3 Å². The summed E-state index contributed by atoms with van der Waals surface area (Å²) in [5.74, 6) is -0.147. The Labute approximate surface area is 188 Å². The summed E-state index contributed by atoms with van der Waals surface area (Å²) in [5.41, 5.74) is 0.100. The molecule has 1 fully saturated rings. The van der Waals surface area contributed by atoms with E-state index in [0.29, 0.717) is 30.5 Å². The number of allylic oxidation sites excluding steroid dienone is 1. The quantitative estimate of drug-likeness (QED) is 0.598. The molecule has 1 saturated carbocycles. The molecule has 2 amide bonds. The molecule has 2 N–H and O–H groups in total. The minimum Gasteiger partial charge on any atom is -0.489 e. The van der Waals surface area contributed by atoms with E-state index in [9.17, 15) is 14.4 Å². The van der Waals surface area contributed by atoms with E-state index < -0.39 is 23.1 Å². The SMILES string of the molecule is C[C@H](NC(=O)OC(C)(C)C)C1(NC(=O)C2=C(OCc3ccccc3)CC(C=O)=CO2)CC1. The number of hydrogen-bond donors (Lipinski definition) is 2. The number of carbonyl (C=O) groups excluding carboxylic acids is 3. The van der Waals surface area contributed by atoms with Crippen molar-refractivity contribution in [3.8, 4) is 0 Å². The van der Waals surface area contributed by atoms with Crippen molar-refractivity contribution in [1.29, 1.82) is 0 Å². The first-order valence-electron chi connectivity index (χ1n) is 10.6. The highest BCUT2D eigenvalue weighted by atomic mass is 16.6. The predicted octanol–water partition coefficient (Wildman–Crippen LogP) is 3.48. The molecule has 1 heterocycles. The van der Waals surface area contributed by atoms with Crippen molar-refractivity contribution in [3.05, 3.63) is 59.2 Å². The average molecular weight is 443 g/mol.